The number of allylic oxidation sites excluding steroid dienone is 2. The highest BCUT2D eigenvalue weighted by molar-refractivity contribution is 5.66. The van der Waals surface area contributed by atoms with Crippen molar-refractivity contribution in [3.8, 4) is 0 Å². The summed E-state index contributed by atoms with van der Waals surface area (Å²) in [6.07, 6.45) is 2.11. The van der Waals surface area contributed by atoms with E-state index < -0.39 is 0 Å². The van der Waals surface area contributed by atoms with Gasteiger partial charge in [0.05, 0.1) is 0 Å². The third-order valence-corrected chi connectivity index (χ3v) is 2.18. The molecule has 0 aromatic heterocycles. The lowest BCUT2D eigenvalue weighted by molar-refractivity contribution is 0.591. The minimum absolute atomic E-state index is 1.07. The standard InChI is InChI=1S/C14H19N/c1-11(2)9-14(15(4)5)13-8-6-7-12(3)10-13/h6-10H,1H2,2-5H3/b14-9-. The Kier molecular flexibility index (Phi) is 3.73. The third kappa shape index (κ3) is 3.28. The van der Waals surface area contributed by atoms with Gasteiger partial charge in [-0.05, 0) is 31.6 Å². The molecular formula is C14H19N. The summed E-state index contributed by atoms with van der Waals surface area (Å²) < 4.78 is 0. The Labute approximate surface area is 92.7 Å². The van der Waals surface area contributed by atoms with E-state index >= 15 is 0 Å². The molecule has 0 aliphatic heterocycles. The monoisotopic (exact) mass is 201 g/mol. The smallest absolute Gasteiger partial charge is 0.0437 e. The molecule has 1 aromatic rings. The second-order valence-electron chi connectivity index (χ2n) is 4.14. The average Bonchev–Trinajstić information content (AvgIpc) is 2.13. The van der Waals surface area contributed by atoms with Crippen LogP contribution in [0.1, 0.15) is 18.1 Å². The van der Waals surface area contributed by atoms with Crippen LogP contribution in [0.4, 0.5) is 0 Å². The van der Waals surface area contributed by atoms with Crippen molar-refractivity contribution in [1.82, 2.24) is 4.90 Å². The Morgan fingerprint density at radius 2 is 2.00 bits per heavy atom. The van der Waals surface area contributed by atoms with E-state index in [0.29, 0.717) is 0 Å². The predicted molar refractivity (Wildman–Crippen MR) is 67.7 cm³/mol. The summed E-state index contributed by atoms with van der Waals surface area (Å²) in [5.41, 5.74) is 4.79. The van der Waals surface area contributed by atoms with Gasteiger partial charge in [0, 0.05) is 19.8 Å². The van der Waals surface area contributed by atoms with Gasteiger partial charge in [-0.15, -0.1) is 0 Å². The Morgan fingerprint density at radius 3 is 2.47 bits per heavy atom. The highest BCUT2D eigenvalue weighted by Crippen LogP contribution is 2.19. The van der Waals surface area contributed by atoms with Crippen molar-refractivity contribution in [2.24, 2.45) is 0 Å². The molecule has 0 aliphatic rings. The van der Waals surface area contributed by atoms with Crippen LogP contribution in [0.25, 0.3) is 5.70 Å². The van der Waals surface area contributed by atoms with Crippen LogP contribution in [0.2, 0.25) is 0 Å². The normalized spacial score (nSPS) is 11.3. The number of rotatable bonds is 3. The van der Waals surface area contributed by atoms with E-state index in [9.17, 15) is 0 Å². The topological polar surface area (TPSA) is 3.24 Å². The summed E-state index contributed by atoms with van der Waals surface area (Å²) >= 11 is 0. The van der Waals surface area contributed by atoms with Crippen molar-refractivity contribution < 1.29 is 0 Å². The molecule has 1 heteroatoms. The fourth-order valence-corrected chi connectivity index (χ4v) is 1.51. The van der Waals surface area contributed by atoms with Crippen molar-refractivity contribution in [2.45, 2.75) is 13.8 Å². The number of hydrogen-bond acceptors (Lipinski definition) is 1. The maximum Gasteiger partial charge on any atom is 0.0437 e. The molecular weight excluding hydrogens is 182 g/mol. The minimum Gasteiger partial charge on any atom is -0.377 e. The van der Waals surface area contributed by atoms with Gasteiger partial charge in [-0.2, -0.15) is 0 Å². The van der Waals surface area contributed by atoms with E-state index in [4.69, 9.17) is 0 Å². The molecule has 0 radical (unpaired) electrons. The second-order valence-corrected chi connectivity index (χ2v) is 4.14. The fourth-order valence-electron chi connectivity index (χ4n) is 1.51. The van der Waals surface area contributed by atoms with Crippen molar-refractivity contribution in [3.05, 3.63) is 53.6 Å². The van der Waals surface area contributed by atoms with E-state index in [1.807, 2.05) is 6.92 Å². The third-order valence-electron chi connectivity index (χ3n) is 2.18. The molecule has 0 heterocycles. The molecule has 0 saturated carbocycles. The SMILES string of the molecule is C=C(C)/C=C(/c1cccc(C)c1)N(C)C. The molecule has 0 atom stereocenters. The maximum atomic E-state index is 3.92. The molecule has 1 nitrogen and oxygen atoms in total. The Balaban J connectivity index is 3.16. The first-order valence-electron chi connectivity index (χ1n) is 5.12. The number of aryl methyl sites for hydroxylation is 1. The summed E-state index contributed by atoms with van der Waals surface area (Å²) in [6, 6.07) is 8.51. The molecule has 15 heavy (non-hydrogen) atoms. The van der Waals surface area contributed by atoms with Crippen LogP contribution in [-0.4, -0.2) is 19.0 Å². The average molecular weight is 201 g/mol. The minimum atomic E-state index is 1.07. The van der Waals surface area contributed by atoms with E-state index in [-0.39, 0.29) is 0 Å². The summed E-state index contributed by atoms with van der Waals surface area (Å²) in [5.74, 6) is 0. The quantitative estimate of drug-likeness (QED) is 0.677. The van der Waals surface area contributed by atoms with Gasteiger partial charge >= 0.3 is 0 Å². The first kappa shape index (κ1) is 11.6. The molecule has 0 amide bonds. The molecule has 0 unspecified atom stereocenters. The van der Waals surface area contributed by atoms with Gasteiger partial charge in [0.1, 0.15) is 0 Å². The lowest BCUT2D eigenvalue weighted by atomic mass is 10.1. The molecule has 1 aromatic carbocycles. The molecule has 0 aliphatic carbocycles. The Hall–Kier alpha value is -1.50. The van der Waals surface area contributed by atoms with E-state index in [1.54, 1.807) is 0 Å². The summed E-state index contributed by atoms with van der Waals surface area (Å²) in [4.78, 5) is 2.11. The first-order valence-corrected chi connectivity index (χ1v) is 5.12. The van der Waals surface area contributed by atoms with E-state index in [0.717, 1.165) is 5.57 Å². The van der Waals surface area contributed by atoms with Crippen LogP contribution in [0.15, 0.2) is 42.5 Å². The van der Waals surface area contributed by atoms with Crippen molar-refractivity contribution >= 4 is 5.70 Å². The van der Waals surface area contributed by atoms with E-state index in [2.05, 4.69) is 62.8 Å². The van der Waals surface area contributed by atoms with E-state index in [1.165, 1.54) is 16.8 Å². The second kappa shape index (κ2) is 4.83. The van der Waals surface area contributed by atoms with Crippen molar-refractivity contribution in [3.63, 3.8) is 0 Å². The molecule has 80 valence electrons. The van der Waals surface area contributed by atoms with Crippen molar-refractivity contribution in [1.29, 1.82) is 0 Å². The van der Waals surface area contributed by atoms with Crippen LogP contribution >= 0.6 is 0 Å². The molecule has 0 fully saturated rings. The maximum absolute atomic E-state index is 3.92. The summed E-state index contributed by atoms with van der Waals surface area (Å²) in [5, 5.41) is 0. The lowest BCUT2D eigenvalue weighted by Gasteiger charge is -2.18. The van der Waals surface area contributed by atoms with Crippen LogP contribution in [-0.2, 0) is 0 Å². The highest BCUT2D eigenvalue weighted by atomic mass is 15.1. The number of benzene rings is 1. The molecule has 0 bridgehead atoms. The predicted octanol–water partition coefficient (Wildman–Crippen LogP) is 3.47. The lowest BCUT2D eigenvalue weighted by Crippen LogP contribution is -2.10. The first-order chi connectivity index (χ1) is 7.00. The molecule has 0 N–H and O–H groups in total. The van der Waals surface area contributed by atoms with Gasteiger partial charge in [-0.3, -0.25) is 0 Å². The van der Waals surface area contributed by atoms with Gasteiger partial charge in [-0.1, -0.05) is 35.9 Å². The summed E-state index contributed by atoms with van der Waals surface area (Å²) in [6.45, 7) is 8.04. The van der Waals surface area contributed by atoms with Gasteiger partial charge < -0.3 is 4.90 Å². The Morgan fingerprint density at radius 1 is 1.33 bits per heavy atom. The van der Waals surface area contributed by atoms with Gasteiger partial charge in [0.2, 0.25) is 0 Å². The van der Waals surface area contributed by atoms with Gasteiger partial charge in [0.25, 0.3) is 0 Å². The molecule has 1 rings (SSSR count). The highest BCUT2D eigenvalue weighted by Gasteiger charge is 2.03. The zero-order valence-corrected chi connectivity index (χ0v) is 10.0. The zero-order chi connectivity index (χ0) is 11.4. The fraction of sp³-hybridized carbons (Fsp3) is 0.286. The van der Waals surface area contributed by atoms with Crippen LogP contribution in [0.5, 0.6) is 0 Å². The molecule has 0 saturated heterocycles. The van der Waals surface area contributed by atoms with Crippen LogP contribution in [0, 0.1) is 6.92 Å². The molecule has 0 spiro atoms. The largest absolute Gasteiger partial charge is 0.377 e. The zero-order valence-electron chi connectivity index (χ0n) is 10.0. The van der Waals surface area contributed by atoms with Crippen LogP contribution < -0.4 is 0 Å². The van der Waals surface area contributed by atoms with Gasteiger partial charge in [0.15, 0.2) is 0 Å². The number of hydrogen-bond donors (Lipinski definition) is 0. The van der Waals surface area contributed by atoms with Gasteiger partial charge in [-0.25, -0.2) is 0 Å². The Bertz CT molecular complexity index is 386. The van der Waals surface area contributed by atoms with Crippen molar-refractivity contribution in [2.75, 3.05) is 14.1 Å². The van der Waals surface area contributed by atoms with Crippen LogP contribution in [0.3, 0.4) is 0 Å². The summed E-state index contributed by atoms with van der Waals surface area (Å²) in [7, 11) is 4.11. The number of nitrogens with zero attached hydrogens (tertiary/aromatic N) is 1.